The standard InChI is InChI=1S/C24H25ClN4O3S/c25-20-8-6-19-17-21(9-7-18(19)16-20)33(30,31)26-10-3-11-28-12-14-29(15-13-28)24-22-4-1-2-5-23(22)32-27-24/h1-2,4-9,16-17,26H,3,10-15H2. The van der Waals surface area contributed by atoms with Crippen LogP contribution in [0.25, 0.3) is 21.7 Å². The molecule has 1 aromatic heterocycles. The number of hydrogen-bond acceptors (Lipinski definition) is 6. The predicted molar refractivity (Wildman–Crippen MR) is 131 cm³/mol. The van der Waals surface area contributed by atoms with E-state index in [0.29, 0.717) is 11.6 Å². The molecular weight excluding hydrogens is 460 g/mol. The highest BCUT2D eigenvalue weighted by molar-refractivity contribution is 7.89. The number of sulfonamides is 1. The van der Waals surface area contributed by atoms with Crippen LogP contribution in [0.15, 0.2) is 70.1 Å². The third kappa shape index (κ3) is 4.84. The average Bonchev–Trinajstić information content (AvgIpc) is 3.26. The number of piperazine rings is 1. The summed E-state index contributed by atoms with van der Waals surface area (Å²) in [7, 11) is -3.55. The zero-order valence-electron chi connectivity index (χ0n) is 18.1. The lowest BCUT2D eigenvalue weighted by molar-refractivity contribution is 0.254. The molecule has 0 aliphatic carbocycles. The van der Waals surface area contributed by atoms with Crippen molar-refractivity contribution in [2.75, 3.05) is 44.2 Å². The van der Waals surface area contributed by atoms with Gasteiger partial charge >= 0.3 is 0 Å². The first-order chi connectivity index (χ1) is 16.0. The molecule has 1 aliphatic heterocycles. The minimum Gasteiger partial charge on any atom is -0.354 e. The number of fused-ring (bicyclic) bond motifs is 2. The topological polar surface area (TPSA) is 78.7 Å². The largest absolute Gasteiger partial charge is 0.354 e. The number of nitrogens with one attached hydrogen (secondary N) is 1. The second-order valence-electron chi connectivity index (χ2n) is 8.24. The molecule has 172 valence electrons. The molecule has 1 saturated heterocycles. The number of aromatic nitrogens is 1. The van der Waals surface area contributed by atoms with Crippen molar-refractivity contribution in [2.45, 2.75) is 11.3 Å². The van der Waals surface area contributed by atoms with Crippen molar-refractivity contribution < 1.29 is 12.9 Å². The van der Waals surface area contributed by atoms with Gasteiger partial charge in [0.25, 0.3) is 0 Å². The summed E-state index contributed by atoms with van der Waals surface area (Å²) in [6.07, 6.45) is 0.745. The Hall–Kier alpha value is -2.65. The van der Waals surface area contributed by atoms with Crippen molar-refractivity contribution in [3.8, 4) is 0 Å². The van der Waals surface area contributed by atoms with Crippen molar-refractivity contribution in [3.05, 3.63) is 65.7 Å². The van der Waals surface area contributed by atoms with E-state index in [2.05, 4.69) is 19.7 Å². The fraction of sp³-hybridized carbons (Fsp3) is 0.292. The first-order valence-electron chi connectivity index (χ1n) is 11.0. The fourth-order valence-electron chi connectivity index (χ4n) is 4.24. The molecule has 0 saturated carbocycles. The number of anilines is 1. The Bertz CT molecular complexity index is 1380. The summed E-state index contributed by atoms with van der Waals surface area (Å²) in [5.41, 5.74) is 0.803. The molecule has 1 fully saturated rings. The van der Waals surface area contributed by atoms with Gasteiger partial charge in [-0.25, -0.2) is 13.1 Å². The lowest BCUT2D eigenvalue weighted by atomic mass is 10.1. The van der Waals surface area contributed by atoms with Crippen molar-refractivity contribution >= 4 is 49.2 Å². The van der Waals surface area contributed by atoms with Gasteiger partial charge in [-0.1, -0.05) is 41.0 Å². The zero-order valence-corrected chi connectivity index (χ0v) is 19.6. The van der Waals surface area contributed by atoms with Crippen molar-refractivity contribution in [3.63, 3.8) is 0 Å². The van der Waals surface area contributed by atoms with E-state index in [1.54, 1.807) is 24.3 Å². The van der Waals surface area contributed by atoms with Crippen LogP contribution in [0.4, 0.5) is 5.82 Å². The summed E-state index contributed by atoms with van der Waals surface area (Å²) in [6, 6.07) is 18.4. The van der Waals surface area contributed by atoms with Gasteiger partial charge in [0.15, 0.2) is 11.4 Å². The predicted octanol–water partition coefficient (Wildman–Crippen LogP) is 4.13. The molecule has 3 aromatic carbocycles. The lowest BCUT2D eigenvalue weighted by Crippen LogP contribution is -2.47. The van der Waals surface area contributed by atoms with Gasteiger partial charge in [0.2, 0.25) is 10.0 Å². The molecule has 4 aromatic rings. The summed E-state index contributed by atoms with van der Waals surface area (Å²) in [6.45, 7) is 4.77. The minimum absolute atomic E-state index is 0.269. The SMILES string of the molecule is O=S(=O)(NCCCN1CCN(c2noc3ccccc23)CC1)c1ccc2cc(Cl)ccc2c1. The quantitative estimate of drug-likeness (QED) is 0.397. The van der Waals surface area contributed by atoms with Crippen molar-refractivity contribution in [2.24, 2.45) is 0 Å². The summed E-state index contributed by atoms with van der Waals surface area (Å²) in [5.74, 6) is 0.899. The van der Waals surface area contributed by atoms with Crippen LogP contribution in [-0.2, 0) is 10.0 Å². The van der Waals surface area contributed by atoms with Crippen LogP contribution in [-0.4, -0.2) is 57.7 Å². The number of halogens is 1. The van der Waals surface area contributed by atoms with Gasteiger partial charge < -0.3 is 9.42 Å². The van der Waals surface area contributed by atoms with E-state index in [4.69, 9.17) is 16.1 Å². The van der Waals surface area contributed by atoms with Gasteiger partial charge in [-0.3, -0.25) is 4.90 Å². The zero-order chi connectivity index (χ0) is 22.8. The Morgan fingerprint density at radius 1 is 0.970 bits per heavy atom. The minimum atomic E-state index is -3.55. The second kappa shape index (κ2) is 9.30. The van der Waals surface area contributed by atoms with E-state index in [1.807, 2.05) is 36.4 Å². The summed E-state index contributed by atoms with van der Waals surface area (Å²) in [5, 5.41) is 7.68. The third-order valence-corrected chi connectivity index (χ3v) is 7.75. The molecule has 7 nitrogen and oxygen atoms in total. The molecule has 1 N–H and O–H groups in total. The number of nitrogens with zero attached hydrogens (tertiary/aromatic N) is 3. The van der Waals surface area contributed by atoms with Gasteiger partial charge in [-0.15, -0.1) is 0 Å². The van der Waals surface area contributed by atoms with E-state index in [9.17, 15) is 8.42 Å². The molecule has 0 atom stereocenters. The van der Waals surface area contributed by atoms with E-state index < -0.39 is 10.0 Å². The Balaban J connectivity index is 1.11. The maximum absolute atomic E-state index is 12.7. The molecule has 9 heteroatoms. The highest BCUT2D eigenvalue weighted by atomic mass is 35.5. The maximum Gasteiger partial charge on any atom is 0.240 e. The fourth-order valence-corrected chi connectivity index (χ4v) is 5.53. The number of para-hydroxylation sites is 1. The molecule has 0 bridgehead atoms. The van der Waals surface area contributed by atoms with Gasteiger partial charge in [0.1, 0.15) is 0 Å². The first kappa shape index (κ1) is 22.2. The maximum atomic E-state index is 12.7. The Labute approximate surface area is 197 Å². The Kier molecular flexibility index (Phi) is 6.25. The second-order valence-corrected chi connectivity index (χ2v) is 10.4. The van der Waals surface area contributed by atoms with Gasteiger partial charge in [-0.2, -0.15) is 0 Å². The Morgan fingerprint density at radius 2 is 1.73 bits per heavy atom. The molecule has 1 aliphatic rings. The van der Waals surface area contributed by atoms with E-state index in [0.717, 1.165) is 66.7 Å². The molecule has 0 spiro atoms. The molecule has 33 heavy (non-hydrogen) atoms. The van der Waals surface area contributed by atoms with Crippen LogP contribution in [0.1, 0.15) is 6.42 Å². The molecule has 0 radical (unpaired) electrons. The third-order valence-electron chi connectivity index (χ3n) is 6.06. The van der Waals surface area contributed by atoms with Crippen molar-refractivity contribution in [1.29, 1.82) is 0 Å². The monoisotopic (exact) mass is 484 g/mol. The molecule has 2 heterocycles. The van der Waals surface area contributed by atoms with Crippen LogP contribution in [0, 0.1) is 0 Å². The number of hydrogen-bond donors (Lipinski definition) is 1. The molecule has 0 unspecified atom stereocenters. The molecular formula is C24H25ClN4O3S. The summed E-state index contributed by atoms with van der Waals surface area (Å²) >= 11 is 6.01. The van der Waals surface area contributed by atoms with Crippen LogP contribution >= 0.6 is 11.6 Å². The molecule has 0 amide bonds. The average molecular weight is 485 g/mol. The van der Waals surface area contributed by atoms with Crippen LogP contribution in [0.2, 0.25) is 5.02 Å². The van der Waals surface area contributed by atoms with Gasteiger partial charge in [-0.05, 0) is 60.1 Å². The van der Waals surface area contributed by atoms with E-state index in [1.165, 1.54) is 0 Å². The number of rotatable bonds is 7. The highest BCUT2D eigenvalue weighted by Crippen LogP contribution is 2.26. The smallest absolute Gasteiger partial charge is 0.240 e. The summed E-state index contributed by atoms with van der Waals surface area (Å²) in [4.78, 5) is 4.87. The lowest BCUT2D eigenvalue weighted by Gasteiger charge is -2.34. The highest BCUT2D eigenvalue weighted by Gasteiger charge is 2.21. The van der Waals surface area contributed by atoms with Crippen LogP contribution in [0.5, 0.6) is 0 Å². The Morgan fingerprint density at radius 3 is 2.58 bits per heavy atom. The van der Waals surface area contributed by atoms with Gasteiger partial charge in [0, 0.05) is 37.7 Å². The van der Waals surface area contributed by atoms with Crippen molar-refractivity contribution in [1.82, 2.24) is 14.8 Å². The van der Waals surface area contributed by atoms with Crippen LogP contribution in [0.3, 0.4) is 0 Å². The van der Waals surface area contributed by atoms with E-state index in [-0.39, 0.29) is 4.90 Å². The first-order valence-corrected chi connectivity index (χ1v) is 12.9. The summed E-state index contributed by atoms with van der Waals surface area (Å²) < 4.78 is 33.6. The normalized spacial score (nSPS) is 15.5. The van der Waals surface area contributed by atoms with Gasteiger partial charge in [0.05, 0.1) is 10.3 Å². The number of benzene rings is 3. The molecule has 5 rings (SSSR count). The van der Waals surface area contributed by atoms with Crippen LogP contribution < -0.4 is 9.62 Å². The van der Waals surface area contributed by atoms with E-state index >= 15 is 0 Å².